The quantitative estimate of drug-likeness (QED) is 0.150. The molecule has 1 aromatic heterocycles. The van der Waals surface area contributed by atoms with E-state index in [9.17, 15) is 4.79 Å². The Labute approximate surface area is 260 Å². The van der Waals surface area contributed by atoms with Gasteiger partial charge in [0.15, 0.2) is 16.7 Å². The van der Waals surface area contributed by atoms with Gasteiger partial charge >= 0.3 is 0 Å². The minimum Gasteiger partial charge on any atom is -0.454 e. The summed E-state index contributed by atoms with van der Waals surface area (Å²) < 4.78 is 11.0. The van der Waals surface area contributed by atoms with Gasteiger partial charge in [0.25, 0.3) is 5.91 Å². The minimum atomic E-state index is 0.0697. The van der Waals surface area contributed by atoms with Crippen molar-refractivity contribution in [3.05, 3.63) is 106 Å². The molecule has 220 valence electrons. The molecule has 0 atom stereocenters. The van der Waals surface area contributed by atoms with Gasteiger partial charge in [-0.15, -0.1) is 0 Å². The van der Waals surface area contributed by atoms with Crippen molar-refractivity contribution in [1.29, 1.82) is 0 Å². The number of hydrogen-bond acceptors (Lipinski definition) is 8. The van der Waals surface area contributed by atoms with Crippen LogP contribution >= 0.6 is 23.4 Å². The summed E-state index contributed by atoms with van der Waals surface area (Å²) in [5.74, 6) is 3.20. The first-order chi connectivity index (χ1) is 21.1. The molecular weight excluding hydrogens is 582 g/mol. The highest BCUT2D eigenvalue weighted by Crippen LogP contribution is 2.33. The molecule has 3 aliphatic rings. The highest BCUT2D eigenvalue weighted by molar-refractivity contribution is 7.98. The number of fused-ring (bicyclic) bond motifs is 2. The third kappa shape index (κ3) is 6.44. The van der Waals surface area contributed by atoms with Gasteiger partial charge in [-0.25, -0.2) is 9.97 Å². The van der Waals surface area contributed by atoms with Gasteiger partial charge in [-0.1, -0.05) is 65.8 Å². The van der Waals surface area contributed by atoms with E-state index in [0.29, 0.717) is 35.0 Å². The fraction of sp³-hybridized carbons (Fsp3) is 0.303. The van der Waals surface area contributed by atoms with Crippen LogP contribution in [0.4, 0.5) is 5.82 Å². The van der Waals surface area contributed by atoms with E-state index in [0.717, 1.165) is 68.6 Å². The molecule has 0 saturated carbocycles. The Balaban J connectivity index is 0.951. The van der Waals surface area contributed by atoms with Crippen LogP contribution in [0.3, 0.4) is 0 Å². The highest BCUT2D eigenvalue weighted by atomic mass is 35.5. The third-order valence-corrected chi connectivity index (χ3v) is 9.27. The monoisotopic (exact) mass is 613 g/mol. The van der Waals surface area contributed by atoms with Gasteiger partial charge in [-0.05, 0) is 52.9 Å². The second kappa shape index (κ2) is 12.4. The molecule has 10 heteroatoms. The molecule has 0 unspecified atom stereocenters. The predicted molar refractivity (Wildman–Crippen MR) is 168 cm³/mol. The molecule has 1 fully saturated rings. The molecule has 43 heavy (non-hydrogen) atoms. The topological polar surface area (TPSA) is 71.0 Å². The third-order valence-electron chi connectivity index (χ3n) is 8.16. The van der Waals surface area contributed by atoms with E-state index >= 15 is 0 Å². The molecule has 4 aromatic rings. The maximum Gasteiger partial charge on any atom is 0.254 e. The Morgan fingerprint density at radius 1 is 0.837 bits per heavy atom. The zero-order valence-corrected chi connectivity index (χ0v) is 25.3. The summed E-state index contributed by atoms with van der Waals surface area (Å²) in [7, 11) is 0. The Bertz CT molecular complexity index is 1640. The Morgan fingerprint density at radius 2 is 1.67 bits per heavy atom. The van der Waals surface area contributed by atoms with Crippen LogP contribution in [-0.4, -0.2) is 65.2 Å². The molecule has 3 aliphatic heterocycles. The first kappa shape index (κ1) is 28.0. The van der Waals surface area contributed by atoms with Crippen LogP contribution in [0.5, 0.6) is 11.5 Å². The number of thioether (sulfide) groups is 1. The molecule has 3 aromatic carbocycles. The molecule has 0 spiro atoms. The molecular formula is C33H32ClN5O3S. The van der Waals surface area contributed by atoms with Crippen molar-refractivity contribution in [2.24, 2.45) is 0 Å². The Hall–Kier alpha value is -3.79. The van der Waals surface area contributed by atoms with E-state index in [1.165, 1.54) is 28.5 Å². The van der Waals surface area contributed by atoms with Gasteiger partial charge in [0.2, 0.25) is 6.79 Å². The van der Waals surface area contributed by atoms with Gasteiger partial charge in [-0.2, -0.15) is 0 Å². The number of amides is 1. The summed E-state index contributed by atoms with van der Waals surface area (Å²) in [5, 5.41) is 1.07. The normalized spacial score (nSPS) is 16.3. The minimum absolute atomic E-state index is 0.0697. The van der Waals surface area contributed by atoms with E-state index in [4.69, 9.17) is 26.1 Å². The molecule has 4 heterocycles. The van der Waals surface area contributed by atoms with E-state index in [2.05, 4.69) is 45.1 Å². The zero-order valence-electron chi connectivity index (χ0n) is 23.7. The lowest BCUT2D eigenvalue weighted by Crippen LogP contribution is -2.46. The fourth-order valence-electron chi connectivity index (χ4n) is 5.84. The van der Waals surface area contributed by atoms with Gasteiger partial charge in [0, 0.05) is 63.2 Å². The summed E-state index contributed by atoms with van der Waals surface area (Å²) in [6.45, 7) is 6.09. The largest absolute Gasteiger partial charge is 0.454 e. The molecule has 8 nitrogen and oxygen atoms in total. The lowest BCUT2D eigenvalue weighted by molar-refractivity contribution is 0.0734. The number of carbonyl (C=O) groups is 1. The van der Waals surface area contributed by atoms with Crippen LogP contribution in [0, 0.1) is 0 Å². The lowest BCUT2D eigenvalue weighted by Gasteiger charge is -2.35. The second-order valence-electron chi connectivity index (χ2n) is 11.0. The van der Waals surface area contributed by atoms with Crippen molar-refractivity contribution >= 4 is 35.1 Å². The number of ether oxygens (including phenoxy) is 2. The van der Waals surface area contributed by atoms with Gasteiger partial charge in [0.1, 0.15) is 11.0 Å². The number of carbonyl (C=O) groups excluding carboxylic acids is 1. The maximum atomic E-state index is 13.3. The van der Waals surface area contributed by atoms with Gasteiger partial charge < -0.3 is 19.3 Å². The van der Waals surface area contributed by atoms with E-state index < -0.39 is 0 Å². The first-order valence-electron chi connectivity index (χ1n) is 14.6. The lowest BCUT2D eigenvalue weighted by atomic mass is 9.99. The van der Waals surface area contributed by atoms with Crippen LogP contribution in [0.2, 0.25) is 5.15 Å². The standard InChI is InChI=1S/C33H32ClN5O3S/c34-30-18-31(38-14-12-37(13-15-38)19-23-8-9-28-29(17-23)42-22-41-28)36-33(35-30)43-21-24-4-3-7-26(16-24)32(40)39-11-10-25-5-1-2-6-27(25)20-39/h1-9,16-18H,10-15,19-22H2. The molecule has 0 aliphatic carbocycles. The Morgan fingerprint density at radius 3 is 2.56 bits per heavy atom. The summed E-state index contributed by atoms with van der Waals surface area (Å²) in [6, 6.07) is 24.3. The first-order valence-corrected chi connectivity index (χ1v) is 15.9. The average Bonchev–Trinajstić information content (AvgIpc) is 3.52. The number of benzene rings is 3. The van der Waals surface area contributed by atoms with Crippen molar-refractivity contribution in [3.63, 3.8) is 0 Å². The zero-order chi connectivity index (χ0) is 29.2. The number of nitrogens with zero attached hydrogens (tertiary/aromatic N) is 5. The fourth-order valence-corrected chi connectivity index (χ4v) is 6.86. The number of halogens is 1. The molecule has 0 bridgehead atoms. The van der Waals surface area contributed by atoms with Gasteiger partial charge in [0.05, 0.1) is 0 Å². The summed E-state index contributed by atoms with van der Waals surface area (Å²) in [5.41, 5.74) is 5.54. The molecule has 7 rings (SSSR count). The average molecular weight is 614 g/mol. The van der Waals surface area contributed by atoms with E-state index in [-0.39, 0.29) is 5.91 Å². The highest BCUT2D eigenvalue weighted by Gasteiger charge is 2.23. The molecule has 1 amide bonds. The number of hydrogen-bond donors (Lipinski definition) is 0. The molecule has 1 saturated heterocycles. The summed E-state index contributed by atoms with van der Waals surface area (Å²) >= 11 is 7.98. The smallest absolute Gasteiger partial charge is 0.254 e. The van der Waals surface area contributed by atoms with E-state index in [1.807, 2.05) is 47.4 Å². The summed E-state index contributed by atoms with van der Waals surface area (Å²) in [4.78, 5) is 29.3. The van der Waals surface area contributed by atoms with Crippen LogP contribution in [0.25, 0.3) is 0 Å². The van der Waals surface area contributed by atoms with Crippen molar-refractivity contribution < 1.29 is 14.3 Å². The number of aromatic nitrogens is 2. The predicted octanol–water partition coefficient (Wildman–Crippen LogP) is 5.67. The number of rotatable bonds is 7. The van der Waals surface area contributed by atoms with Crippen molar-refractivity contribution in [2.75, 3.05) is 44.4 Å². The SMILES string of the molecule is O=C(c1cccc(CSc2nc(Cl)cc(N3CCN(Cc4ccc5c(c4)OCO5)CC3)n2)c1)N1CCc2ccccc2C1. The van der Waals surface area contributed by atoms with Crippen molar-refractivity contribution in [3.8, 4) is 11.5 Å². The van der Waals surface area contributed by atoms with Gasteiger partial charge in [-0.3, -0.25) is 9.69 Å². The maximum absolute atomic E-state index is 13.3. The number of piperazine rings is 1. The van der Waals surface area contributed by atoms with Crippen molar-refractivity contribution in [2.45, 2.75) is 30.4 Å². The molecule has 0 radical (unpaired) electrons. The van der Waals surface area contributed by atoms with Crippen LogP contribution in [0.15, 0.2) is 78.0 Å². The van der Waals surface area contributed by atoms with Crippen molar-refractivity contribution in [1.82, 2.24) is 19.8 Å². The van der Waals surface area contributed by atoms with E-state index in [1.54, 1.807) is 0 Å². The molecule has 0 N–H and O–H groups in total. The van der Waals surface area contributed by atoms with Crippen LogP contribution in [-0.2, 0) is 25.3 Å². The Kier molecular flexibility index (Phi) is 8.10. The number of anilines is 1. The summed E-state index contributed by atoms with van der Waals surface area (Å²) in [6.07, 6.45) is 0.890. The van der Waals surface area contributed by atoms with Crippen LogP contribution in [0.1, 0.15) is 32.6 Å². The van der Waals surface area contributed by atoms with Crippen LogP contribution < -0.4 is 14.4 Å². The second-order valence-corrected chi connectivity index (χ2v) is 12.3.